The first-order valence-electron chi connectivity index (χ1n) is 15.3. The molecule has 1 aliphatic carbocycles. The quantitative estimate of drug-likeness (QED) is 0.141. The fourth-order valence-electron chi connectivity index (χ4n) is 5.27. The zero-order chi connectivity index (χ0) is 32.7. The number of aromatic amines is 1. The summed E-state index contributed by atoms with van der Waals surface area (Å²) in [7, 11) is 0. The standard InChI is InChI=1S/C31H46N6O7/c1-6-18(2)28(40)37-27(35-17-33)20-12-13-22(36-20)31(16-32)26(39)24(43-29(41)25(34)30(3,4)5)21(44-31)15-42-23(38)14-19-10-8-7-9-11-19/h12-13,17-19,21,24-26,36,39H,6-11,14-15,34H2,1-5H3,(H2,33,35,37,40)/p+1/t18-,21+,24+,25+,26+,31-/m0/s1. The van der Waals surface area contributed by atoms with E-state index < -0.39 is 47.3 Å². The number of rotatable bonds is 10. The molecule has 242 valence electrons. The molecule has 13 nitrogen and oxygen atoms in total. The van der Waals surface area contributed by atoms with Crippen molar-refractivity contribution < 1.29 is 38.7 Å². The molecule has 2 fully saturated rings. The fraction of sp³-hybridized carbons (Fsp3) is 0.677. The zero-order valence-corrected chi connectivity index (χ0v) is 26.3. The zero-order valence-electron chi connectivity index (χ0n) is 26.3. The molecule has 3 rings (SSSR count). The van der Waals surface area contributed by atoms with Gasteiger partial charge in [0.15, 0.2) is 12.4 Å². The van der Waals surface area contributed by atoms with E-state index in [-0.39, 0.29) is 48.0 Å². The van der Waals surface area contributed by atoms with Gasteiger partial charge in [0, 0.05) is 6.42 Å². The fourth-order valence-corrected chi connectivity index (χ4v) is 5.27. The number of hydrogen-bond donors (Lipinski definition) is 5. The minimum Gasteiger partial charge on any atom is -0.463 e. The Morgan fingerprint density at radius 2 is 1.98 bits per heavy atom. The van der Waals surface area contributed by atoms with Crippen LogP contribution in [0.25, 0.3) is 0 Å². The molecule has 13 heteroatoms. The number of nitrogens with one attached hydrogen (secondary N) is 2. The number of nitriles is 1. The van der Waals surface area contributed by atoms with Gasteiger partial charge in [-0.25, -0.2) is 4.99 Å². The molecular formula is C31H47N6O7+. The number of hydrogen-bond acceptors (Lipinski definition) is 9. The van der Waals surface area contributed by atoms with Gasteiger partial charge >= 0.3 is 17.8 Å². The van der Waals surface area contributed by atoms with Crippen LogP contribution in [0.3, 0.4) is 0 Å². The molecule has 1 aromatic heterocycles. The van der Waals surface area contributed by atoms with Crippen LogP contribution in [-0.4, -0.2) is 71.1 Å². The number of nitrogens with zero attached hydrogens (tertiary/aromatic N) is 2. The van der Waals surface area contributed by atoms with Crippen molar-refractivity contribution in [3.63, 3.8) is 0 Å². The van der Waals surface area contributed by atoms with Crippen molar-refractivity contribution in [2.24, 2.45) is 33.7 Å². The lowest BCUT2D eigenvalue weighted by molar-refractivity contribution is -0.309. The predicted octanol–water partition coefficient (Wildman–Crippen LogP) is 0.679. The van der Waals surface area contributed by atoms with Gasteiger partial charge in [-0.1, -0.05) is 58.9 Å². The van der Waals surface area contributed by atoms with Gasteiger partial charge in [-0.2, -0.15) is 5.26 Å². The average Bonchev–Trinajstić information content (AvgIpc) is 3.59. The summed E-state index contributed by atoms with van der Waals surface area (Å²) in [5.74, 6) is -1.61. The maximum Gasteiger partial charge on any atom is 0.323 e. The Bertz CT molecular complexity index is 1270. The minimum atomic E-state index is -2.06. The van der Waals surface area contributed by atoms with Crippen molar-refractivity contribution in [1.29, 1.82) is 5.26 Å². The summed E-state index contributed by atoms with van der Waals surface area (Å²) in [6.07, 6.45) is 2.88. The largest absolute Gasteiger partial charge is 0.463 e. The van der Waals surface area contributed by atoms with Crippen molar-refractivity contribution in [3.8, 4) is 6.07 Å². The van der Waals surface area contributed by atoms with Gasteiger partial charge in [0.25, 0.3) is 5.84 Å². The number of H-pyrrole nitrogens is 1. The van der Waals surface area contributed by atoms with E-state index in [0.29, 0.717) is 6.42 Å². The van der Waals surface area contributed by atoms with Crippen molar-refractivity contribution in [3.05, 3.63) is 23.5 Å². The molecule has 1 amide bonds. The lowest BCUT2D eigenvalue weighted by Gasteiger charge is -2.28. The summed E-state index contributed by atoms with van der Waals surface area (Å²) in [6.45, 7) is 8.55. The summed E-state index contributed by atoms with van der Waals surface area (Å²) in [5.41, 5.74) is 9.34. The van der Waals surface area contributed by atoms with E-state index in [1.807, 2.05) is 13.0 Å². The molecule has 0 aromatic carbocycles. The number of aliphatic hydroxyl groups is 1. The third-order valence-electron chi connectivity index (χ3n) is 8.44. The molecule has 1 saturated heterocycles. The maximum absolute atomic E-state index is 13.0. The highest BCUT2D eigenvalue weighted by atomic mass is 16.6. The van der Waals surface area contributed by atoms with Crippen LogP contribution in [0.4, 0.5) is 0 Å². The van der Waals surface area contributed by atoms with E-state index in [2.05, 4.69) is 15.0 Å². The number of ether oxygens (including phenoxy) is 3. The van der Waals surface area contributed by atoms with E-state index in [1.165, 1.54) is 12.1 Å². The number of amides is 1. The van der Waals surface area contributed by atoms with E-state index in [1.54, 1.807) is 27.7 Å². The lowest BCUT2D eigenvalue weighted by atomic mass is 9.87. The predicted molar refractivity (Wildman–Crippen MR) is 161 cm³/mol. The lowest BCUT2D eigenvalue weighted by Crippen LogP contribution is -2.76. The summed E-state index contributed by atoms with van der Waals surface area (Å²) < 4.78 is 17.3. The number of aliphatic imine (C=N–C) groups is 1. The van der Waals surface area contributed by atoms with Gasteiger partial charge < -0.3 is 35.8 Å². The second-order valence-corrected chi connectivity index (χ2v) is 12.8. The highest BCUT2D eigenvalue weighted by Gasteiger charge is 2.59. The molecule has 1 aliphatic heterocycles. The van der Waals surface area contributed by atoms with E-state index in [0.717, 1.165) is 38.4 Å². The van der Waals surface area contributed by atoms with Crippen molar-refractivity contribution >= 4 is 30.0 Å². The van der Waals surface area contributed by atoms with Gasteiger partial charge in [0.1, 0.15) is 36.6 Å². The van der Waals surface area contributed by atoms with E-state index in [9.17, 15) is 24.8 Å². The SMILES string of the molecule is CC[C@H](C)C(=O)N=C([NH+]=CN)c1ccc([C@]2(C#N)O[C@H](COC(=O)CC3CCCCC3)[C@@H](OC(=O)[C@@H](N)C(C)(C)C)[C@H]2O)[nH]1. The van der Waals surface area contributed by atoms with Gasteiger partial charge in [-0.05, 0) is 42.7 Å². The molecule has 0 spiro atoms. The first kappa shape index (κ1) is 34.9. The molecule has 2 aliphatic rings. The van der Waals surface area contributed by atoms with Crippen LogP contribution < -0.4 is 16.5 Å². The summed E-state index contributed by atoms with van der Waals surface area (Å²) in [6, 6.07) is 4.00. The highest BCUT2D eigenvalue weighted by Crippen LogP contribution is 2.41. The van der Waals surface area contributed by atoms with Gasteiger partial charge in [0.2, 0.25) is 5.60 Å². The van der Waals surface area contributed by atoms with Crippen LogP contribution in [0, 0.1) is 28.6 Å². The first-order chi connectivity index (χ1) is 20.8. The number of aromatic nitrogens is 1. The number of amidine groups is 1. The molecule has 0 bridgehead atoms. The molecule has 44 heavy (non-hydrogen) atoms. The van der Waals surface area contributed by atoms with Crippen LogP contribution in [0.1, 0.15) is 91.0 Å². The smallest absolute Gasteiger partial charge is 0.323 e. The summed E-state index contributed by atoms with van der Waals surface area (Å²) in [5, 5.41) is 21.9. The molecule has 7 N–H and O–H groups in total. The summed E-state index contributed by atoms with van der Waals surface area (Å²) >= 11 is 0. The number of esters is 2. The van der Waals surface area contributed by atoms with Crippen molar-refractivity contribution in [2.45, 2.75) is 110 Å². The molecule has 6 atom stereocenters. The topological polar surface area (TPSA) is 217 Å². The van der Waals surface area contributed by atoms with Crippen LogP contribution in [0.15, 0.2) is 17.1 Å². The van der Waals surface area contributed by atoms with Gasteiger partial charge in [-0.15, -0.1) is 0 Å². The Kier molecular flexibility index (Phi) is 11.8. The highest BCUT2D eigenvalue weighted by molar-refractivity contribution is 5.99. The average molecular weight is 616 g/mol. The van der Waals surface area contributed by atoms with Gasteiger partial charge in [-0.3, -0.25) is 14.4 Å². The second-order valence-electron chi connectivity index (χ2n) is 12.8. The number of carbonyl (C=O) groups is 3. The van der Waals surface area contributed by atoms with Crippen molar-refractivity contribution in [2.75, 3.05) is 6.61 Å². The maximum atomic E-state index is 13.0. The monoisotopic (exact) mass is 615 g/mol. The number of aliphatic hydroxyl groups excluding tert-OH is 1. The minimum absolute atomic E-state index is 0.0944. The van der Waals surface area contributed by atoms with Crippen LogP contribution in [0.2, 0.25) is 0 Å². The second kappa shape index (κ2) is 14.9. The Labute approximate surface area is 258 Å². The Hall–Kier alpha value is -3.60. The molecule has 1 aromatic rings. The first-order valence-corrected chi connectivity index (χ1v) is 15.3. The third kappa shape index (κ3) is 8.11. The van der Waals surface area contributed by atoms with E-state index >= 15 is 0 Å². The molecule has 0 radical (unpaired) electrons. The normalized spacial score (nSPS) is 26.2. The molecule has 0 unspecified atom stereocenters. The Balaban J connectivity index is 1.91. The molecule has 1 saturated carbocycles. The Morgan fingerprint density at radius 1 is 1.30 bits per heavy atom. The van der Waals surface area contributed by atoms with E-state index in [4.69, 9.17) is 25.7 Å². The molecule has 2 heterocycles. The third-order valence-corrected chi connectivity index (χ3v) is 8.44. The summed E-state index contributed by atoms with van der Waals surface area (Å²) in [4.78, 5) is 48.1. The van der Waals surface area contributed by atoms with Crippen LogP contribution in [-0.2, 0) is 34.2 Å². The van der Waals surface area contributed by atoms with Crippen LogP contribution >= 0.6 is 0 Å². The van der Waals surface area contributed by atoms with Crippen molar-refractivity contribution in [1.82, 2.24) is 4.98 Å². The molecular weight excluding hydrogens is 568 g/mol. The van der Waals surface area contributed by atoms with Gasteiger partial charge in [0.05, 0.1) is 11.6 Å². The number of carbonyl (C=O) groups excluding carboxylic acids is 3. The number of nitrogens with two attached hydrogens (primary N) is 2. The Morgan fingerprint density at radius 3 is 2.57 bits per heavy atom. The van der Waals surface area contributed by atoms with Crippen LogP contribution in [0.5, 0.6) is 0 Å².